The van der Waals surface area contributed by atoms with Crippen LogP contribution in [0.4, 0.5) is 14.5 Å². The van der Waals surface area contributed by atoms with E-state index in [1.807, 2.05) is 0 Å². The average Bonchev–Trinajstić information content (AvgIpc) is 2.48. The van der Waals surface area contributed by atoms with Gasteiger partial charge in [-0.1, -0.05) is 12.1 Å². The van der Waals surface area contributed by atoms with Gasteiger partial charge in [0, 0.05) is 5.56 Å². The van der Waals surface area contributed by atoms with E-state index in [1.54, 1.807) is 12.1 Å². The molecule has 2 aromatic carbocycles. The van der Waals surface area contributed by atoms with Crippen LogP contribution >= 0.6 is 12.2 Å². The normalized spacial score (nSPS) is 9.81. The average molecular weight is 307 g/mol. The van der Waals surface area contributed by atoms with Crippen molar-refractivity contribution in [2.75, 3.05) is 5.32 Å². The van der Waals surface area contributed by atoms with Gasteiger partial charge in [-0.3, -0.25) is 15.6 Å². The molecule has 21 heavy (non-hydrogen) atoms. The first-order chi connectivity index (χ1) is 10.1. The molecule has 0 bridgehead atoms. The fourth-order valence-electron chi connectivity index (χ4n) is 1.50. The number of carbonyl (C=O) groups is 1. The Kier molecular flexibility index (Phi) is 4.78. The Morgan fingerprint density at radius 1 is 0.952 bits per heavy atom. The highest BCUT2D eigenvalue weighted by Gasteiger charge is 2.07. The second-order valence-corrected chi connectivity index (χ2v) is 4.43. The molecular formula is C14H11F2N3OS. The topological polar surface area (TPSA) is 53.2 Å². The van der Waals surface area contributed by atoms with Crippen LogP contribution in [0, 0.1) is 11.6 Å². The summed E-state index contributed by atoms with van der Waals surface area (Å²) in [4.78, 5) is 11.7. The van der Waals surface area contributed by atoms with Crippen LogP contribution in [0.25, 0.3) is 0 Å². The van der Waals surface area contributed by atoms with Crippen molar-refractivity contribution in [1.29, 1.82) is 0 Å². The monoisotopic (exact) mass is 307 g/mol. The maximum Gasteiger partial charge on any atom is 0.269 e. The van der Waals surface area contributed by atoms with Gasteiger partial charge in [-0.25, -0.2) is 8.78 Å². The first-order valence-corrected chi connectivity index (χ1v) is 6.34. The van der Waals surface area contributed by atoms with Gasteiger partial charge in [0.05, 0.1) is 5.69 Å². The van der Waals surface area contributed by atoms with E-state index in [2.05, 4.69) is 16.2 Å². The molecular weight excluding hydrogens is 296 g/mol. The maximum absolute atomic E-state index is 13.4. The summed E-state index contributed by atoms with van der Waals surface area (Å²) in [5, 5.41) is 2.62. The molecule has 0 aromatic heterocycles. The number of hydrogen-bond donors (Lipinski definition) is 3. The van der Waals surface area contributed by atoms with E-state index in [9.17, 15) is 13.6 Å². The Morgan fingerprint density at radius 3 is 2.29 bits per heavy atom. The smallest absolute Gasteiger partial charge is 0.269 e. The Morgan fingerprint density at radius 2 is 1.62 bits per heavy atom. The highest BCUT2D eigenvalue weighted by Crippen LogP contribution is 2.11. The van der Waals surface area contributed by atoms with Gasteiger partial charge in [0.15, 0.2) is 5.11 Å². The molecule has 4 nitrogen and oxygen atoms in total. The van der Waals surface area contributed by atoms with Crippen LogP contribution in [0.5, 0.6) is 0 Å². The van der Waals surface area contributed by atoms with Gasteiger partial charge in [0.25, 0.3) is 5.91 Å². The molecule has 0 saturated carbocycles. The summed E-state index contributed by atoms with van der Waals surface area (Å²) in [5.74, 6) is -1.39. The molecule has 2 rings (SSSR count). The largest absolute Gasteiger partial charge is 0.329 e. The molecule has 0 radical (unpaired) electrons. The lowest BCUT2D eigenvalue weighted by atomic mass is 10.2. The van der Waals surface area contributed by atoms with Crippen molar-refractivity contribution in [3.8, 4) is 0 Å². The molecule has 0 saturated heterocycles. The summed E-state index contributed by atoms with van der Waals surface area (Å²) in [6.45, 7) is 0. The number of benzene rings is 2. The predicted octanol–water partition coefficient (Wildman–Crippen LogP) is 2.60. The molecule has 3 N–H and O–H groups in total. The summed E-state index contributed by atoms with van der Waals surface area (Å²) < 4.78 is 26.1. The van der Waals surface area contributed by atoms with Gasteiger partial charge < -0.3 is 5.32 Å². The van der Waals surface area contributed by atoms with E-state index in [1.165, 1.54) is 36.4 Å². The third kappa shape index (κ3) is 4.22. The number of thiocarbonyl (C=S) groups is 1. The van der Waals surface area contributed by atoms with Crippen LogP contribution in [-0.2, 0) is 0 Å². The molecule has 7 heteroatoms. The van der Waals surface area contributed by atoms with Crippen molar-refractivity contribution >= 4 is 28.9 Å². The van der Waals surface area contributed by atoms with Crippen molar-refractivity contribution in [1.82, 2.24) is 10.9 Å². The Labute approximate surface area is 125 Å². The van der Waals surface area contributed by atoms with E-state index >= 15 is 0 Å². The van der Waals surface area contributed by atoms with Crippen LogP contribution in [0.1, 0.15) is 10.4 Å². The second kappa shape index (κ2) is 6.76. The Balaban J connectivity index is 1.88. The number of amides is 1. The zero-order chi connectivity index (χ0) is 15.2. The lowest BCUT2D eigenvalue weighted by Crippen LogP contribution is -2.43. The van der Waals surface area contributed by atoms with Gasteiger partial charge in [-0.15, -0.1) is 0 Å². The fourth-order valence-corrected chi connectivity index (χ4v) is 1.66. The molecule has 0 atom stereocenters. The third-order valence-electron chi connectivity index (χ3n) is 2.52. The van der Waals surface area contributed by atoms with E-state index in [4.69, 9.17) is 12.2 Å². The van der Waals surface area contributed by atoms with Crippen molar-refractivity contribution in [2.45, 2.75) is 0 Å². The van der Waals surface area contributed by atoms with Crippen LogP contribution in [0.2, 0.25) is 0 Å². The lowest BCUT2D eigenvalue weighted by molar-refractivity contribution is 0.0944. The van der Waals surface area contributed by atoms with Crippen molar-refractivity contribution in [3.05, 3.63) is 65.7 Å². The van der Waals surface area contributed by atoms with Crippen LogP contribution in [0.3, 0.4) is 0 Å². The van der Waals surface area contributed by atoms with Crippen LogP contribution in [0.15, 0.2) is 48.5 Å². The zero-order valence-electron chi connectivity index (χ0n) is 10.7. The van der Waals surface area contributed by atoms with E-state index in [-0.39, 0.29) is 16.4 Å². The Hall–Kier alpha value is -2.54. The Bertz CT molecular complexity index is 662. The first kappa shape index (κ1) is 14.9. The van der Waals surface area contributed by atoms with Crippen molar-refractivity contribution in [2.24, 2.45) is 0 Å². The summed E-state index contributed by atoms with van der Waals surface area (Å²) in [6, 6.07) is 11.0. The molecule has 0 aliphatic rings. The van der Waals surface area contributed by atoms with E-state index in [0.717, 1.165) is 0 Å². The minimum atomic E-state index is -0.493. The highest BCUT2D eigenvalue weighted by molar-refractivity contribution is 7.80. The fraction of sp³-hybridized carbons (Fsp3) is 0. The zero-order valence-corrected chi connectivity index (χ0v) is 11.5. The molecule has 1 amide bonds. The lowest BCUT2D eigenvalue weighted by Gasteiger charge is -2.12. The highest BCUT2D eigenvalue weighted by atomic mass is 32.1. The molecule has 108 valence electrons. The molecule has 0 unspecified atom stereocenters. The first-order valence-electron chi connectivity index (χ1n) is 5.93. The molecule has 0 fully saturated rings. The predicted molar refractivity (Wildman–Crippen MR) is 79.6 cm³/mol. The summed E-state index contributed by atoms with van der Waals surface area (Å²) >= 11 is 4.92. The quantitative estimate of drug-likeness (QED) is 0.590. The number of halogens is 2. The minimum absolute atomic E-state index is 0.0237. The number of para-hydroxylation sites is 1. The van der Waals surface area contributed by atoms with Crippen molar-refractivity contribution < 1.29 is 13.6 Å². The summed E-state index contributed by atoms with van der Waals surface area (Å²) in [5.41, 5.74) is 5.20. The van der Waals surface area contributed by atoms with Crippen LogP contribution < -0.4 is 16.2 Å². The number of nitrogens with one attached hydrogen (secondary N) is 3. The minimum Gasteiger partial charge on any atom is -0.329 e. The summed E-state index contributed by atoms with van der Waals surface area (Å²) in [7, 11) is 0. The van der Waals surface area contributed by atoms with Gasteiger partial charge in [-0.05, 0) is 48.6 Å². The molecule has 2 aromatic rings. The SMILES string of the molecule is O=C(NNC(=S)Nc1ccccc1F)c1ccc(F)cc1. The molecule has 0 heterocycles. The van der Waals surface area contributed by atoms with E-state index < -0.39 is 17.5 Å². The van der Waals surface area contributed by atoms with Crippen LogP contribution in [-0.4, -0.2) is 11.0 Å². The van der Waals surface area contributed by atoms with Gasteiger partial charge in [0.2, 0.25) is 0 Å². The number of anilines is 1. The second-order valence-electron chi connectivity index (χ2n) is 4.02. The summed E-state index contributed by atoms with van der Waals surface area (Å²) in [6.07, 6.45) is 0. The van der Waals surface area contributed by atoms with Gasteiger partial charge >= 0.3 is 0 Å². The van der Waals surface area contributed by atoms with Gasteiger partial charge in [0.1, 0.15) is 11.6 Å². The van der Waals surface area contributed by atoms with Gasteiger partial charge in [-0.2, -0.15) is 0 Å². The number of hydrazine groups is 1. The molecule has 0 aliphatic heterocycles. The maximum atomic E-state index is 13.4. The number of rotatable bonds is 2. The van der Waals surface area contributed by atoms with Crippen molar-refractivity contribution in [3.63, 3.8) is 0 Å². The molecule has 0 aliphatic carbocycles. The molecule has 0 spiro atoms. The van der Waals surface area contributed by atoms with E-state index in [0.29, 0.717) is 0 Å². The standard InChI is InChI=1S/C14H11F2N3OS/c15-10-7-5-9(6-8-10)13(20)18-19-14(21)17-12-4-2-1-3-11(12)16/h1-8H,(H,18,20)(H2,17,19,21). The number of hydrogen-bond acceptors (Lipinski definition) is 2. The third-order valence-corrected chi connectivity index (χ3v) is 2.72. The number of carbonyl (C=O) groups excluding carboxylic acids is 1.